The zero-order valence-corrected chi connectivity index (χ0v) is 9.80. The van der Waals surface area contributed by atoms with Gasteiger partial charge >= 0.3 is 0 Å². The third-order valence-electron chi connectivity index (χ3n) is 3.00. The number of benzene rings is 1. The zero-order chi connectivity index (χ0) is 13.1. The standard InChI is InChI=1S/C13H14FNO3/c14-10-5-2-1-4-9(10)11(16)8-15-12(17)6-3-7-13(15)18/h1-2,4-5,11,16H,3,6-8H2. The molecular weight excluding hydrogens is 237 g/mol. The summed E-state index contributed by atoms with van der Waals surface area (Å²) >= 11 is 0. The number of imide groups is 1. The number of likely N-dealkylation sites (tertiary alicyclic amines) is 1. The Morgan fingerprint density at radius 3 is 2.44 bits per heavy atom. The van der Waals surface area contributed by atoms with E-state index in [0.29, 0.717) is 19.3 Å². The fraction of sp³-hybridized carbons (Fsp3) is 0.385. The molecule has 0 radical (unpaired) electrons. The van der Waals surface area contributed by atoms with Gasteiger partial charge in [-0.15, -0.1) is 0 Å². The Labute approximate surface area is 104 Å². The maximum absolute atomic E-state index is 13.4. The molecule has 1 aliphatic heterocycles. The Hall–Kier alpha value is -1.75. The third-order valence-corrected chi connectivity index (χ3v) is 3.00. The summed E-state index contributed by atoms with van der Waals surface area (Å²) in [4.78, 5) is 24.1. The van der Waals surface area contributed by atoms with Crippen molar-refractivity contribution in [3.63, 3.8) is 0 Å². The molecule has 0 aromatic heterocycles. The first-order valence-electron chi connectivity index (χ1n) is 5.85. The molecule has 1 aromatic rings. The molecule has 1 aromatic carbocycles. The van der Waals surface area contributed by atoms with E-state index in [1.807, 2.05) is 0 Å². The van der Waals surface area contributed by atoms with Crippen LogP contribution in [0.3, 0.4) is 0 Å². The number of aliphatic hydroxyl groups is 1. The van der Waals surface area contributed by atoms with Gasteiger partial charge in [0.1, 0.15) is 5.82 Å². The first-order valence-corrected chi connectivity index (χ1v) is 5.85. The lowest BCUT2D eigenvalue weighted by Crippen LogP contribution is -2.42. The molecule has 0 bridgehead atoms. The summed E-state index contributed by atoms with van der Waals surface area (Å²) in [5.74, 6) is -1.15. The zero-order valence-electron chi connectivity index (χ0n) is 9.80. The number of nitrogens with zero attached hydrogens (tertiary/aromatic N) is 1. The van der Waals surface area contributed by atoms with E-state index in [-0.39, 0.29) is 23.9 Å². The Kier molecular flexibility index (Phi) is 3.72. The second-order valence-corrected chi connectivity index (χ2v) is 4.29. The highest BCUT2D eigenvalue weighted by Crippen LogP contribution is 2.20. The lowest BCUT2D eigenvalue weighted by Gasteiger charge is -2.27. The molecule has 4 nitrogen and oxygen atoms in total. The van der Waals surface area contributed by atoms with Crippen LogP contribution in [0.5, 0.6) is 0 Å². The molecule has 2 rings (SSSR count). The minimum absolute atomic E-state index is 0.101. The molecule has 0 aliphatic carbocycles. The Morgan fingerprint density at radius 1 is 1.22 bits per heavy atom. The van der Waals surface area contributed by atoms with Crippen molar-refractivity contribution in [2.75, 3.05) is 6.54 Å². The fourth-order valence-corrected chi connectivity index (χ4v) is 2.02. The Balaban J connectivity index is 2.11. The van der Waals surface area contributed by atoms with Crippen LogP contribution >= 0.6 is 0 Å². The molecule has 1 aliphatic rings. The molecule has 18 heavy (non-hydrogen) atoms. The number of hydrogen-bond acceptors (Lipinski definition) is 3. The van der Waals surface area contributed by atoms with Gasteiger partial charge in [-0.2, -0.15) is 0 Å². The number of carbonyl (C=O) groups is 2. The molecule has 1 heterocycles. The van der Waals surface area contributed by atoms with E-state index < -0.39 is 11.9 Å². The minimum Gasteiger partial charge on any atom is -0.386 e. The number of aliphatic hydroxyl groups excluding tert-OH is 1. The van der Waals surface area contributed by atoms with Crippen LogP contribution in [0.1, 0.15) is 30.9 Å². The molecule has 0 spiro atoms. The van der Waals surface area contributed by atoms with Crippen molar-refractivity contribution >= 4 is 11.8 Å². The Morgan fingerprint density at radius 2 is 1.83 bits per heavy atom. The molecule has 5 heteroatoms. The van der Waals surface area contributed by atoms with Crippen LogP contribution in [0.4, 0.5) is 4.39 Å². The summed E-state index contributed by atoms with van der Waals surface area (Å²) in [6.45, 7) is -0.182. The van der Waals surface area contributed by atoms with Crippen molar-refractivity contribution < 1.29 is 19.1 Å². The summed E-state index contributed by atoms with van der Waals surface area (Å²) < 4.78 is 13.4. The predicted octanol–water partition coefficient (Wildman–Crippen LogP) is 1.40. The van der Waals surface area contributed by atoms with E-state index in [2.05, 4.69) is 0 Å². The van der Waals surface area contributed by atoms with E-state index in [0.717, 1.165) is 4.90 Å². The summed E-state index contributed by atoms with van der Waals surface area (Å²) in [5.41, 5.74) is 0.101. The monoisotopic (exact) mass is 251 g/mol. The van der Waals surface area contributed by atoms with E-state index >= 15 is 0 Å². The van der Waals surface area contributed by atoms with Crippen LogP contribution in [-0.2, 0) is 9.59 Å². The number of rotatable bonds is 3. The highest BCUT2D eigenvalue weighted by Gasteiger charge is 2.28. The molecule has 1 fully saturated rings. The van der Waals surface area contributed by atoms with E-state index in [4.69, 9.17) is 0 Å². The van der Waals surface area contributed by atoms with Gasteiger partial charge in [-0.25, -0.2) is 4.39 Å². The molecule has 2 amide bonds. The second-order valence-electron chi connectivity index (χ2n) is 4.29. The average molecular weight is 251 g/mol. The van der Waals surface area contributed by atoms with Crippen molar-refractivity contribution in [2.24, 2.45) is 0 Å². The van der Waals surface area contributed by atoms with Crippen LogP contribution in [0, 0.1) is 5.82 Å². The largest absolute Gasteiger partial charge is 0.386 e. The first-order chi connectivity index (χ1) is 8.59. The Bertz CT molecular complexity index is 459. The van der Waals surface area contributed by atoms with Gasteiger partial charge in [-0.1, -0.05) is 18.2 Å². The van der Waals surface area contributed by atoms with Crippen LogP contribution in [0.25, 0.3) is 0 Å². The highest BCUT2D eigenvalue weighted by molar-refractivity contribution is 5.97. The maximum Gasteiger partial charge on any atom is 0.229 e. The van der Waals surface area contributed by atoms with E-state index in [1.54, 1.807) is 6.07 Å². The summed E-state index contributed by atoms with van der Waals surface area (Å²) in [6.07, 6.45) is -0.0349. The van der Waals surface area contributed by atoms with Crippen molar-refractivity contribution in [1.29, 1.82) is 0 Å². The van der Waals surface area contributed by atoms with Gasteiger partial charge in [-0.05, 0) is 12.5 Å². The number of amides is 2. The molecule has 1 unspecified atom stereocenters. The predicted molar refractivity (Wildman–Crippen MR) is 61.9 cm³/mol. The molecule has 0 saturated carbocycles. The van der Waals surface area contributed by atoms with Crippen molar-refractivity contribution in [3.8, 4) is 0 Å². The summed E-state index contributed by atoms with van der Waals surface area (Å²) in [5, 5.41) is 9.90. The van der Waals surface area contributed by atoms with Crippen molar-refractivity contribution in [3.05, 3.63) is 35.6 Å². The van der Waals surface area contributed by atoms with Crippen LogP contribution < -0.4 is 0 Å². The number of hydrogen-bond donors (Lipinski definition) is 1. The van der Waals surface area contributed by atoms with Crippen LogP contribution in [0.2, 0.25) is 0 Å². The lowest BCUT2D eigenvalue weighted by molar-refractivity contribution is -0.149. The minimum atomic E-state index is -1.18. The molecule has 1 saturated heterocycles. The smallest absolute Gasteiger partial charge is 0.229 e. The second kappa shape index (κ2) is 5.27. The van der Waals surface area contributed by atoms with Crippen LogP contribution in [-0.4, -0.2) is 28.4 Å². The number of β-amino-alcohol motifs (C(OH)–C–C–N with tert-alkyl or cyclic N) is 1. The average Bonchev–Trinajstić information content (AvgIpc) is 2.34. The van der Waals surface area contributed by atoms with Gasteiger partial charge in [0.15, 0.2) is 0 Å². The van der Waals surface area contributed by atoms with Gasteiger partial charge in [0.2, 0.25) is 11.8 Å². The van der Waals surface area contributed by atoms with E-state index in [1.165, 1.54) is 18.2 Å². The van der Waals surface area contributed by atoms with Crippen molar-refractivity contribution in [1.82, 2.24) is 4.90 Å². The molecule has 1 N–H and O–H groups in total. The third kappa shape index (κ3) is 2.56. The number of piperidine rings is 1. The normalized spacial score (nSPS) is 18.0. The quantitative estimate of drug-likeness (QED) is 0.826. The van der Waals surface area contributed by atoms with Gasteiger partial charge in [0.05, 0.1) is 12.6 Å². The lowest BCUT2D eigenvalue weighted by atomic mass is 10.1. The topological polar surface area (TPSA) is 57.6 Å². The van der Waals surface area contributed by atoms with Gasteiger partial charge < -0.3 is 5.11 Å². The first kappa shape index (κ1) is 12.7. The number of carbonyl (C=O) groups excluding carboxylic acids is 2. The summed E-state index contributed by atoms with van der Waals surface area (Å²) in [7, 11) is 0. The molecule has 96 valence electrons. The van der Waals surface area contributed by atoms with Crippen LogP contribution in [0.15, 0.2) is 24.3 Å². The summed E-state index contributed by atoms with van der Waals surface area (Å²) in [6, 6.07) is 5.79. The number of halogens is 1. The fourth-order valence-electron chi connectivity index (χ4n) is 2.02. The van der Waals surface area contributed by atoms with Gasteiger partial charge in [0, 0.05) is 18.4 Å². The molecule has 1 atom stereocenters. The SMILES string of the molecule is O=C1CCCC(=O)N1CC(O)c1ccccc1F. The van der Waals surface area contributed by atoms with Crippen molar-refractivity contribution in [2.45, 2.75) is 25.4 Å². The van der Waals surface area contributed by atoms with Gasteiger partial charge in [0.25, 0.3) is 0 Å². The van der Waals surface area contributed by atoms with Gasteiger partial charge in [-0.3, -0.25) is 14.5 Å². The molecular formula is C13H14FNO3. The maximum atomic E-state index is 13.4. The highest BCUT2D eigenvalue weighted by atomic mass is 19.1. The van der Waals surface area contributed by atoms with E-state index in [9.17, 15) is 19.1 Å².